The molecule has 0 saturated heterocycles. The van der Waals surface area contributed by atoms with Crippen LogP contribution < -0.4 is 5.32 Å². The number of rotatable bonds is 6. The van der Waals surface area contributed by atoms with Crippen LogP contribution in [0.25, 0.3) is 0 Å². The summed E-state index contributed by atoms with van der Waals surface area (Å²) in [5.74, 6) is -1.03. The fraction of sp³-hybridized carbons (Fsp3) is 0.538. The Kier molecular flexibility index (Phi) is 5.83. The number of likely N-dealkylation sites (N-methyl/N-ethyl adjacent to an activating group) is 1. The minimum atomic E-state index is -1.23. The number of hydrogen-bond acceptors (Lipinski definition) is 3. The summed E-state index contributed by atoms with van der Waals surface area (Å²) in [6.45, 7) is 5.55. The number of thiophene rings is 1. The summed E-state index contributed by atoms with van der Waals surface area (Å²) < 4.78 is 0.716. The Morgan fingerprint density at radius 2 is 2.10 bits per heavy atom. The van der Waals surface area contributed by atoms with Crippen LogP contribution in [0.1, 0.15) is 25.6 Å². The van der Waals surface area contributed by atoms with Crippen LogP contribution in [0.5, 0.6) is 0 Å². The Balaban J connectivity index is 2.54. The molecule has 0 radical (unpaired) electrons. The van der Waals surface area contributed by atoms with Crippen molar-refractivity contribution in [1.82, 2.24) is 10.2 Å². The van der Waals surface area contributed by atoms with E-state index in [2.05, 4.69) is 5.32 Å². The Morgan fingerprint density at radius 1 is 1.45 bits per heavy atom. The lowest BCUT2D eigenvalue weighted by Gasteiger charge is -2.34. The van der Waals surface area contributed by atoms with E-state index in [1.807, 2.05) is 12.1 Å². The van der Waals surface area contributed by atoms with Gasteiger partial charge in [-0.3, -0.25) is 0 Å². The summed E-state index contributed by atoms with van der Waals surface area (Å²) in [4.78, 5) is 25.6. The van der Waals surface area contributed by atoms with Crippen LogP contribution in [-0.2, 0) is 11.2 Å². The minimum absolute atomic E-state index is 0.329. The summed E-state index contributed by atoms with van der Waals surface area (Å²) in [6.07, 6.45) is 0.675. The monoisotopic (exact) mass is 318 g/mol. The van der Waals surface area contributed by atoms with E-state index < -0.39 is 11.5 Å². The van der Waals surface area contributed by atoms with Crippen molar-refractivity contribution in [2.24, 2.45) is 0 Å². The van der Waals surface area contributed by atoms with Crippen molar-refractivity contribution >= 4 is 34.9 Å². The van der Waals surface area contributed by atoms with E-state index in [1.54, 1.807) is 6.92 Å². The molecule has 0 aliphatic heterocycles. The average Bonchev–Trinajstić information content (AvgIpc) is 2.75. The summed E-state index contributed by atoms with van der Waals surface area (Å²) in [5, 5.41) is 11.9. The summed E-state index contributed by atoms with van der Waals surface area (Å²) in [5.41, 5.74) is -1.23. The zero-order chi connectivity index (χ0) is 15.3. The Hall–Kier alpha value is -1.27. The molecule has 0 fully saturated rings. The number of carboxylic acids is 1. The van der Waals surface area contributed by atoms with Gasteiger partial charge in [0.2, 0.25) is 0 Å². The second-order valence-corrected chi connectivity index (χ2v) is 6.60. The van der Waals surface area contributed by atoms with Gasteiger partial charge in [-0.25, -0.2) is 9.59 Å². The summed E-state index contributed by atoms with van der Waals surface area (Å²) in [7, 11) is 0. The second-order valence-electron chi connectivity index (χ2n) is 4.80. The Morgan fingerprint density at radius 3 is 2.55 bits per heavy atom. The van der Waals surface area contributed by atoms with Gasteiger partial charge in [-0.1, -0.05) is 11.6 Å². The number of aliphatic carboxylic acids is 1. The van der Waals surface area contributed by atoms with Crippen molar-refractivity contribution in [2.75, 3.05) is 13.1 Å². The number of nitrogens with zero attached hydrogens (tertiary/aromatic N) is 1. The smallest absolute Gasteiger partial charge is 0.329 e. The molecule has 2 amide bonds. The van der Waals surface area contributed by atoms with Gasteiger partial charge in [0.15, 0.2) is 0 Å². The van der Waals surface area contributed by atoms with Crippen LogP contribution in [-0.4, -0.2) is 40.6 Å². The summed E-state index contributed by atoms with van der Waals surface area (Å²) in [6, 6.07) is 3.36. The first-order valence-electron chi connectivity index (χ1n) is 6.32. The lowest BCUT2D eigenvalue weighted by atomic mass is 10.0. The van der Waals surface area contributed by atoms with Crippen LogP contribution in [0.2, 0.25) is 4.34 Å². The highest BCUT2D eigenvalue weighted by Crippen LogP contribution is 2.21. The standard InChI is InChI=1S/C13H19ClN2O3S/c1-4-16(13(2,3)11(17)18)12(19)15-8-7-9-5-6-10(14)20-9/h5-6H,4,7-8H2,1-3H3,(H,15,19)(H,17,18). The van der Waals surface area contributed by atoms with E-state index in [9.17, 15) is 9.59 Å². The van der Waals surface area contributed by atoms with Gasteiger partial charge in [-0.2, -0.15) is 0 Å². The first-order chi connectivity index (χ1) is 9.28. The van der Waals surface area contributed by atoms with Crippen LogP contribution in [0.4, 0.5) is 4.79 Å². The normalized spacial score (nSPS) is 11.2. The predicted molar refractivity (Wildman–Crippen MR) is 80.5 cm³/mol. The Bertz CT molecular complexity index is 488. The molecule has 0 aliphatic carbocycles. The van der Waals surface area contributed by atoms with Gasteiger partial charge in [0.1, 0.15) is 5.54 Å². The number of halogens is 1. The lowest BCUT2D eigenvalue weighted by molar-refractivity contribution is -0.147. The number of carbonyl (C=O) groups is 2. The summed E-state index contributed by atoms with van der Waals surface area (Å²) >= 11 is 7.30. The first kappa shape index (κ1) is 16.8. The quantitative estimate of drug-likeness (QED) is 0.847. The number of urea groups is 1. The molecule has 0 aromatic carbocycles. The molecule has 0 saturated carbocycles. The van der Waals surface area contributed by atoms with Crippen molar-refractivity contribution < 1.29 is 14.7 Å². The largest absolute Gasteiger partial charge is 0.480 e. The molecule has 7 heteroatoms. The van der Waals surface area contributed by atoms with Crippen molar-refractivity contribution in [1.29, 1.82) is 0 Å². The third kappa shape index (κ3) is 4.11. The van der Waals surface area contributed by atoms with E-state index in [0.29, 0.717) is 23.8 Å². The fourth-order valence-corrected chi connectivity index (χ4v) is 2.87. The van der Waals surface area contributed by atoms with Gasteiger partial charge in [0, 0.05) is 18.0 Å². The number of carbonyl (C=O) groups excluding carboxylic acids is 1. The van der Waals surface area contributed by atoms with E-state index in [1.165, 1.54) is 30.1 Å². The third-order valence-electron chi connectivity index (χ3n) is 3.04. The average molecular weight is 319 g/mol. The van der Waals surface area contributed by atoms with Crippen molar-refractivity contribution in [3.8, 4) is 0 Å². The molecule has 1 rings (SSSR count). The van der Waals surface area contributed by atoms with E-state index in [4.69, 9.17) is 16.7 Å². The Labute approximate surface area is 127 Å². The molecule has 0 aliphatic rings. The third-order valence-corrected chi connectivity index (χ3v) is 4.33. The maximum Gasteiger partial charge on any atom is 0.329 e. The van der Waals surface area contributed by atoms with Gasteiger partial charge in [-0.15, -0.1) is 11.3 Å². The van der Waals surface area contributed by atoms with E-state index >= 15 is 0 Å². The molecule has 0 bridgehead atoms. The minimum Gasteiger partial charge on any atom is -0.480 e. The SMILES string of the molecule is CCN(C(=O)NCCc1ccc(Cl)s1)C(C)(C)C(=O)O. The molecule has 0 atom stereocenters. The van der Waals surface area contributed by atoms with Gasteiger partial charge < -0.3 is 15.3 Å². The van der Waals surface area contributed by atoms with Gasteiger partial charge in [-0.05, 0) is 39.3 Å². The zero-order valence-electron chi connectivity index (χ0n) is 11.8. The van der Waals surface area contributed by atoms with Crippen LogP contribution >= 0.6 is 22.9 Å². The van der Waals surface area contributed by atoms with Crippen molar-refractivity contribution in [2.45, 2.75) is 32.7 Å². The van der Waals surface area contributed by atoms with Gasteiger partial charge in [0.05, 0.1) is 4.34 Å². The maximum atomic E-state index is 12.0. The second kappa shape index (κ2) is 6.95. The molecule has 20 heavy (non-hydrogen) atoms. The molecule has 1 heterocycles. The van der Waals surface area contributed by atoms with Crippen molar-refractivity contribution in [3.63, 3.8) is 0 Å². The molecule has 0 unspecified atom stereocenters. The van der Waals surface area contributed by atoms with Crippen LogP contribution in [0, 0.1) is 0 Å². The van der Waals surface area contributed by atoms with Gasteiger partial charge >= 0.3 is 12.0 Å². The molecule has 1 aromatic heterocycles. The molecule has 0 spiro atoms. The van der Waals surface area contributed by atoms with E-state index in [-0.39, 0.29) is 6.03 Å². The molecule has 2 N–H and O–H groups in total. The van der Waals surface area contributed by atoms with Gasteiger partial charge in [0.25, 0.3) is 0 Å². The highest BCUT2D eigenvalue weighted by atomic mass is 35.5. The topological polar surface area (TPSA) is 69.6 Å². The zero-order valence-corrected chi connectivity index (χ0v) is 13.3. The molecule has 112 valence electrons. The molecular formula is C13H19ClN2O3S. The predicted octanol–water partition coefficient (Wildman–Crippen LogP) is 2.84. The van der Waals surface area contributed by atoms with Crippen LogP contribution in [0.3, 0.4) is 0 Å². The number of nitrogens with one attached hydrogen (secondary N) is 1. The fourth-order valence-electron chi connectivity index (χ4n) is 1.78. The molecular weight excluding hydrogens is 300 g/mol. The highest BCUT2D eigenvalue weighted by Gasteiger charge is 2.36. The van der Waals surface area contributed by atoms with E-state index in [0.717, 1.165) is 4.88 Å². The lowest BCUT2D eigenvalue weighted by Crippen LogP contribution is -2.56. The molecule has 5 nitrogen and oxygen atoms in total. The van der Waals surface area contributed by atoms with Crippen molar-refractivity contribution in [3.05, 3.63) is 21.3 Å². The number of hydrogen-bond donors (Lipinski definition) is 2. The number of amides is 2. The molecule has 1 aromatic rings. The highest BCUT2D eigenvalue weighted by molar-refractivity contribution is 7.16. The van der Waals surface area contributed by atoms with Crippen LogP contribution in [0.15, 0.2) is 12.1 Å². The number of carboxylic acid groups (broad SMARTS) is 1. The maximum absolute atomic E-state index is 12.0. The first-order valence-corrected chi connectivity index (χ1v) is 7.51.